The molecule has 1 N–H and O–H groups in total. The molecule has 0 bridgehead atoms. The van der Waals surface area contributed by atoms with E-state index in [1.54, 1.807) is 48.8 Å². The Bertz CT molecular complexity index is 1260. The van der Waals surface area contributed by atoms with E-state index in [2.05, 4.69) is 5.32 Å². The molecular weight excluding hydrogens is 414 g/mol. The van der Waals surface area contributed by atoms with Crippen LogP contribution in [0.1, 0.15) is 26.6 Å². The molecule has 4 aromatic rings. The number of methoxy groups -OCH3 is 2. The van der Waals surface area contributed by atoms with Crippen molar-refractivity contribution in [1.29, 1.82) is 0 Å². The predicted octanol–water partition coefficient (Wildman–Crippen LogP) is 5.23. The highest BCUT2D eigenvalue weighted by atomic mass is 32.1. The first-order valence-electron chi connectivity index (χ1n) is 9.62. The number of rotatable bonds is 7. The van der Waals surface area contributed by atoms with Gasteiger partial charge in [-0.1, -0.05) is 6.07 Å². The highest BCUT2D eigenvalue weighted by molar-refractivity contribution is 7.10. The van der Waals surface area contributed by atoms with Crippen LogP contribution >= 0.6 is 11.3 Å². The summed E-state index contributed by atoms with van der Waals surface area (Å²) in [5.41, 5.74) is 2.38. The van der Waals surface area contributed by atoms with Crippen LogP contribution in [0, 0.1) is 6.92 Å². The monoisotopic (exact) mass is 435 g/mol. The van der Waals surface area contributed by atoms with E-state index in [-0.39, 0.29) is 17.5 Å². The Balaban J connectivity index is 1.60. The molecule has 1 amide bonds. The number of thiophene rings is 1. The molecule has 0 radical (unpaired) electrons. The summed E-state index contributed by atoms with van der Waals surface area (Å²) in [6.07, 6.45) is 0.323. The first-order chi connectivity index (χ1) is 15.0. The van der Waals surface area contributed by atoms with Gasteiger partial charge in [0.15, 0.2) is 17.3 Å². The lowest BCUT2D eigenvalue weighted by Gasteiger charge is -2.08. The van der Waals surface area contributed by atoms with Crippen molar-refractivity contribution >= 4 is 39.7 Å². The number of anilines is 1. The first kappa shape index (κ1) is 20.7. The number of carbonyl (C=O) groups is 2. The van der Waals surface area contributed by atoms with Gasteiger partial charge in [0.05, 0.1) is 20.6 Å². The highest BCUT2D eigenvalue weighted by Gasteiger charge is 2.21. The van der Waals surface area contributed by atoms with Gasteiger partial charge < -0.3 is 19.2 Å². The summed E-state index contributed by atoms with van der Waals surface area (Å²) in [7, 11) is 3.06. The topological polar surface area (TPSA) is 77.8 Å². The van der Waals surface area contributed by atoms with Crippen molar-refractivity contribution in [2.75, 3.05) is 19.5 Å². The zero-order chi connectivity index (χ0) is 22.0. The van der Waals surface area contributed by atoms with Crippen molar-refractivity contribution in [2.45, 2.75) is 13.3 Å². The fraction of sp³-hybridized carbons (Fsp3) is 0.167. The Morgan fingerprint density at radius 1 is 1.03 bits per heavy atom. The van der Waals surface area contributed by atoms with Gasteiger partial charge in [0.25, 0.3) is 0 Å². The molecular formula is C24H21NO5S. The number of hydrogen-bond acceptors (Lipinski definition) is 6. The molecule has 0 saturated carbocycles. The summed E-state index contributed by atoms with van der Waals surface area (Å²) in [5, 5.41) is 5.63. The van der Waals surface area contributed by atoms with Crippen molar-refractivity contribution in [3.8, 4) is 11.5 Å². The second-order valence-corrected chi connectivity index (χ2v) is 8.00. The normalized spacial score (nSPS) is 10.8. The van der Waals surface area contributed by atoms with Crippen LogP contribution in [0.3, 0.4) is 0 Å². The molecule has 31 heavy (non-hydrogen) atoms. The number of hydrogen-bond donors (Lipinski definition) is 1. The number of furan rings is 1. The lowest BCUT2D eigenvalue weighted by molar-refractivity contribution is -0.115. The van der Waals surface area contributed by atoms with E-state index in [1.165, 1.54) is 7.11 Å². The third-order valence-corrected chi connectivity index (χ3v) is 5.86. The molecule has 2 heterocycles. The molecule has 0 spiro atoms. The molecule has 0 saturated heterocycles. The maximum Gasteiger partial charge on any atom is 0.229 e. The maximum atomic E-state index is 13.1. The van der Waals surface area contributed by atoms with E-state index in [9.17, 15) is 9.59 Å². The van der Waals surface area contributed by atoms with Gasteiger partial charge in [0.2, 0.25) is 11.7 Å². The van der Waals surface area contributed by atoms with E-state index < -0.39 is 0 Å². The smallest absolute Gasteiger partial charge is 0.229 e. The van der Waals surface area contributed by atoms with Gasteiger partial charge in [-0.05, 0) is 54.8 Å². The minimum Gasteiger partial charge on any atom is -0.493 e. The van der Waals surface area contributed by atoms with Crippen LogP contribution in [0.15, 0.2) is 58.3 Å². The molecule has 0 fully saturated rings. The van der Waals surface area contributed by atoms with Gasteiger partial charge in [-0.15, -0.1) is 11.3 Å². The lowest BCUT2D eigenvalue weighted by Crippen LogP contribution is -2.13. The summed E-state index contributed by atoms with van der Waals surface area (Å²) >= 11 is 1.55. The average molecular weight is 436 g/mol. The Kier molecular flexibility index (Phi) is 5.77. The molecule has 2 aromatic carbocycles. The molecule has 158 valence electrons. The van der Waals surface area contributed by atoms with E-state index in [1.807, 2.05) is 30.5 Å². The Morgan fingerprint density at radius 3 is 2.55 bits per heavy atom. The first-order valence-corrected chi connectivity index (χ1v) is 10.5. The number of ether oxygens (including phenoxy) is 2. The zero-order valence-corrected chi connectivity index (χ0v) is 18.2. The van der Waals surface area contributed by atoms with E-state index in [0.29, 0.717) is 40.3 Å². The van der Waals surface area contributed by atoms with Crippen LogP contribution < -0.4 is 14.8 Å². The van der Waals surface area contributed by atoms with Gasteiger partial charge in [-0.3, -0.25) is 9.59 Å². The lowest BCUT2D eigenvalue weighted by atomic mass is 10.0. The maximum absolute atomic E-state index is 13.1. The second-order valence-electron chi connectivity index (χ2n) is 6.97. The van der Waals surface area contributed by atoms with Gasteiger partial charge in [0, 0.05) is 27.1 Å². The molecule has 2 aromatic heterocycles. The summed E-state index contributed by atoms with van der Waals surface area (Å²) in [6, 6.07) is 14.2. The second kappa shape index (κ2) is 8.65. The number of carbonyl (C=O) groups excluding carboxylic acids is 2. The van der Waals surface area contributed by atoms with Crippen LogP contribution in [0.2, 0.25) is 0 Å². The number of amides is 1. The SMILES string of the molecule is COc1ccc(C(=O)c2oc3ccc(NC(=O)Cc4cccs4)cc3c2C)cc1OC. The van der Waals surface area contributed by atoms with Crippen LogP contribution in [0.25, 0.3) is 11.0 Å². The minimum atomic E-state index is -0.252. The number of nitrogens with one attached hydrogen (secondary N) is 1. The van der Waals surface area contributed by atoms with Crippen LogP contribution in [-0.2, 0) is 11.2 Å². The Hall–Kier alpha value is -3.58. The van der Waals surface area contributed by atoms with Crippen LogP contribution in [0.4, 0.5) is 5.69 Å². The van der Waals surface area contributed by atoms with Crippen molar-refractivity contribution < 1.29 is 23.5 Å². The van der Waals surface area contributed by atoms with Gasteiger partial charge >= 0.3 is 0 Å². The summed E-state index contributed by atoms with van der Waals surface area (Å²) in [4.78, 5) is 26.4. The molecule has 0 aliphatic carbocycles. The molecule has 7 heteroatoms. The van der Waals surface area contributed by atoms with E-state index >= 15 is 0 Å². The number of fused-ring (bicyclic) bond motifs is 1. The number of benzene rings is 2. The highest BCUT2D eigenvalue weighted by Crippen LogP contribution is 2.32. The molecule has 0 atom stereocenters. The molecule has 0 aliphatic heterocycles. The third kappa shape index (κ3) is 4.18. The average Bonchev–Trinajstić information content (AvgIpc) is 3.40. The van der Waals surface area contributed by atoms with Gasteiger partial charge in [-0.2, -0.15) is 0 Å². The zero-order valence-electron chi connectivity index (χ0n) is 17.4. The van der Waals surface area contributed by atoms with Crippen molar-refractivity contribution in [2.24, 2.45) is 0 Å². The van der Waals surface area contributed by atoms with Crippen molar-refractivity contribution in [3.63, 3.8) is 0 Å². The van der Waals surface area contributed by atoms with Gasteiger partial charge in [0.1, 0.15) is 5.58 Å². The van der Waals surface area contributed by atoms with Crippen LogP contribution in [-0.4, -0.2) is 25.9 Å². The quantitative estimate of drug-likeness (QED) is 0.402. The molecule has 4 rings (SSSR count). The van der Waals surface area contributed by atoms with E-state index in [4.69, 9.17) is 13.9 Å². The summed E-state index contributed by atoms with van der Waals surface area (Å²) in [5.74, 6) is 0.924. The Labute approximate surface area is 183 Å². The Morgan fingerprint density at radius 2 is 1.84 bits per heavy atom. The largest absolute Gasteiger partial charge is 0.493 e. The molecule has 6 nitrogen and oxygen atoms in total. The van der Waals surface area contributed by atoms with Crippen LogP contribution in [0.5, 0.6) is 11.5 Å². The van der Waals surface area contributed by atoms with Crippen molar-refractivity contribution in [3.05, 3.63) is 75.7 Å². The number of aryl methyl sites for hydroxylation is 1. The van der Waals surface area contributed by atoms with Gasteiger partial charge in [-0.25, -0.2) is 0 Å². The fourth-order valence-electron chi connectivity index (χ4n) is 3.40. The third-order valence-electron chi connectivity index (χ3n) is 4.99. The summed E-state index contributed by atoms with van der Waals surface area (Å²) in [6.45, 7) is 1.83. The van der Waals surface area contributed by atoms with E-state index in [0.717, 1.165) is 10.3 Å². The molecule has 0 aliphatic rings. The minimum absolute atomic E-state index is 0.0930. The fourth-order valence-corrected chi connectivity index (χ4v) is 4.10. The predicted molar refractivity (Wildman–Crippen MR) is 121 cm³/mol. The summed E-state index contributed by atoms with van der Waals surface area (Å²) < 4.78 is 16.4. The molecule has 0 unspecified atom stereocenters. The standard InChI is InChI=1S/C24H21NO5S/c1-14-18-12-16(25-22(26)13-17-5-4-10-31-17)7-9-19(18)30-24(14)23(27)15-6-8-20(28-2)21(11-15)29-3/h4-12H,13H2,1-3H3,(H,25,26). The van der Waals surface area contributed by atoms with Crippen molar-refractivity contribution in [1.82, 2.24) is 0 Å². The number of ketones is 1.